The summed E-state index contributed by atoms with van der Waals surface area (Å²) in [5.41, 5.74) is 4.14. The second kappa shape index (κ2) is 11.3. The second-order valence-corrected chi connectivity index (χ2v) is 10.4. The Morgan fingerprint density at radius 1 is 0.854 bits per heavy atom. The Kier molecular flexibility index (Phi) is 7.37. The summed E-state index contributed by atoms with van der Waals surface area (Å²) in [5.74, 6) is 0.195. The number of likely N-dealkylation sites (tertiary alicyclic amines) is 1. The molecule has 1 aliphatic heterocycles. The molecule has 6 rings (SSSR count). The molecule has 0 amide bonds. The number of fused-ring (bicyclic) bond motifs is 1. The first-order chi connectivity index (χ1) is 19.8. The molecule has 1 N–H and O–H groups in total. The van der Waals surface area contributed by atoms with Gasteiger partial charge in [-0.15, -0.1) is 0 Å². The molecule has 7 heteroatoms. The Balaban J connectivity index is 1.27. The van der Waals surface area contributed by atoms with Crippen LogP contribution in [0.25, 0.3) is 10.9 Å². The van der Waals surface area contributed by atoms with Crippen molar-refractivity contribution in [1.29, 1.82) is 0 Å². The fourth-order valence-corrected chi connectivity index (χ4v) is 5.63. The molecule has 0 spiro atoms. The maximum Gasteiger partial charge on any atom is 0.416 e. The molecule has 0 saturated carbocycles. The molecule has 1 fully saturated rings. The van der Waals surface area contributed by atoms with Crippen molar-refractivity contribution in [3.63, 3.8) is 0 Å². The van der Waals surface area contributed by atoms with Crippen molar-refractivity contribution in [2.24, 2.45) is 0 Å². The Morgan fingerprint density at radius 2 is 1.51 bits per heavy atom. The lowest BCUT2D eigenvalue weighted by Crippen LogP contribution is -2.30. The van der Waals surface area contributed by atoms with Crippen LogP contribution in [0.3, 0.4) is 0 Å². The summed E-state index contributed by atoms with van der Waals surface area (Å²) in [7, 11) is 0. The summed E-state index contributed by atoms with van der Waals surface area (Å²) < 4.78 is 48.1. The summed E-state index contributed by atoms with van der Waals surface area (Å²) in [6, 6.07) is 33.9. The fourth-order valence-electron chi connectivity index (χ4n) is 5.63. The number of ether oxygens (including phenoxy) is 1. The number of nitrogens with one attached hydrogen (secondary N) is 1. The van der Waals surface area contributed by atoms with Gasteiger partial charge in [0.1, 0.15) is 11.9 Å². The lowest BCUT2D eigenvalue weighted by atomic mass is 9.97. The molecule has 4 aromatic carbocycles. The third-order valence-electron chi connectivity index (χ3n) is 7.43. The van der Waals surface area contributed by atoms with Crippen LogP contribution in [0.4, 0.5) is 24.5 Å². The van der Waals surface area contributed by atoms with Crippen LogP contribution in [0.5, 0.6) is 5.75 Å². The zero-order valence-electron chi connectivity index (χ0n) is 22.6. The third-order valence-corrected chi connectivity index (χ3v) is 7.43. The Labute approximate surface area is 237 Å². The number of hydrogen-bond acceptors (Lipinski definition) is 4. The van der Waals surface area contributed by atoms with Crippen molar-refractivity contribution in [3.05, 3.63) is 132 Å². The highest BCUT2D eigenvalue weighted by Crippen LogP contribution is 2.38. The lowest BCUT2D eigenvalue weighted by Gasteiger charge is -2.29. The van der Waals surface area contributed by atoms with Gasteiger partial charge in [-0.25, -0.2) is 0 Å². The quantitative estimate of drug-likeness (QED) is 0.219. The van der Waals surface area contributed by atoms with Gasteiger partial charge in [0.05, 0.1) is 17.1 Å². The highest BCUT2D eigenvalue weighted by atomic mass is 19.4. The summed E-state index contributed by atoms with van der Waals surface area (Å²) >= 11 is 0. The molecule has 1 atom stereocenters. The molecule has 0 bridgehead atoms. The van der Waals surface area contributed by atoms with E-state index >= 15 is 0 Å². The second-order valence-electron chi connectivity index (χ2n) is 10.4. The number of benzene rings is 4. The molecule has 1 saturated heterocycles. The van der Waals surface area contributed by atoms with E-state index in [4.69, 9.17) is 4.74 Å². The predicted octanol–water partition coefficient (Wildman–Crippen LogP) is 8.55. The minimum absolute atomic E-state index is 0.0351. The largest absolute Gasteiger partial charge is 0.489 e. The first-order valence-electron chi connectivity index (χ1n) is 13.7. The molecule has 1 aliphatic rings. The highest BCUT2D eigenvalue weighted by Gasteiger charge is 2.34. The summed E-state index contributed by atoms with van der Waals surface area (Å²) in [6.45, 7) is 3.23. The number of halogens is 3. The number of pyridine rings is 1. The average molecular weight is 554 g/mol. The number of alkyl halides is 3. The summed E-state index contributed by atoms with van der Waals surface area (Å²) in [5, 5.41) is 4.04. The molecule has 0 radical (unpaired) electrons. The molecule has 5 aromatic rings. The zero-order chi connectivity index (χ0) is 28.4. The van der Waals surface area contributed by atoms with Crippen LogP contribution in [-0.4, -0.2) is 29.1 Å². The highest BCUT2D eigenvalue weighted by molar-refractivity contribution is 5.93. The summed E-state index contributed by atoms with van der Waals surface area (Å²) in [4.78, 5) is 6.88. The van der Waals surface area contributed by atoms with Crippen molar-refractivity contribution in [2.45, 2.75) is 31.7 Å². The van der Waals surface area contributed by atoms with E-state index < -0.39 is 11.7 Å². The normalized spacial score (nSPS) is 15.9. The first-order valence-corrected chi connectivity index (χ1v) is 13.7. The Bertz CT molecular complexity index is 1600. The number of aromatic nitrogens is 1. The number of hydrogen-bond donors (Lipinski definition) is 1. The number of rotatable bonds is 7. The van der Waals surface area contributed by atoms with Crippen molar-refractivity contribution in [3.8, 4) is 5.75 Å². The SMILES string of the molecule is Cc1cc(Nc2cc(O[C@@H]3CCN(C(c4ccccc4)c4ccccc4)C3)cc(C(F)(F)F)c2)c2ccccc2n1. The van der Waals surface area contributed by atoms with Gasteiger partial charge >= 0.3 is 6.18 Å². The lowest BCUT2D eigenvalue weighted by molar-refractivity contribution is -0.137. The van der Waals surface area contributed by atoms with Gasteiger partial charge < -0.3 is 10.1 Å². The zero-order valence-corrected chi connectivity index (χ0v) is 22.6. The van der Waals surface area contributed by atoms with Gasteiger partial charge in [-0.3, -0.25) is 9.88 Å². The molecule has 2 heterocycles. The Morgan fingerprint density at radius 3 is 2.20 bits per heavy atom. The van der Waals surface area contributed by atoms with E-state index in [1.807, 2.05) is 73.7 Å². The van der Waals surface area contributed by atoms with E-state index in [1.54, 1.807) is 6.07 Å². The van der Waals surface area contributed by atoms with Crippen LogP contribution >= 0.6 is 0 Å². The molecular formula is C34H30F3N3O. The van der Waals surface area contributed by atoms with E-state index in [0.29, 0.717) is 24.3 Å². The van der Waals surface area contributed by atoms with Crippen molar-refractivity contribution in [2.75, 3.05) is 18.4 Å². The van der Waals surface area contributed by atoms with E-state index in [2.05, 4.69) is 39.5 Å². The molecule has 4 nitrogen and oxygen atoms in total. The van der Waals surface area contributed by atoms with Gasteiger partial charge in [-0.05, 0) is 48.7 Å². The summed E-state index contributed by atoms with van der Waals surface area (Å²) in [6.07, 6.45) is -4.05. The van der Waals surface area contributed by atoms with Gasteiger partial charge in [-0.1, -0.05) is 78.9 Å². The van der Waals surface area contributed by atoms with Crippen LogP contribution in [0.15, 0.2) is 109 Å². The van der Waals surface area contributed by atoms with Crippen molar-refractivity contribution in [1.82, 2.24) is 9.88 Å². The maximum atomic E-state index is 14.0. The molecule has 208 valence electrons. The molecule has 0 unspecified atom stereocenters. The molecule has 0 aliphatic carbocycles. The van der Waals surface area contributed by atoms with Crippen LogP contribution in [-0.2, 0) is 6.18 Å². The predicted molar refractivity (Wildman–Crippen MR) is 157 cm³/mol. The van der Waals surface area contributed by atoms with Crippen LogP contribution in [0.1, 0.15) is 34.8 Å². The van der Waals surface area contributed by atoms with E-state index in [1.165, 1.54) is 11.1 Å². The third kappa shape index (κ3) is 6.05. The molecule has 41 heavy (non-hydrogen) atoms. The minimum atomic E-state index is -4.51. The van der Waals surface area contributed by atoms with Gasteiger partial charge in [0.2, 0.25) is 0 Å². The van der Waals surface area contributed by atoms with E-state index in [-0.39, 0.29) is 17.9 Å². The first kappa shape index (κ1) is 26.8. The molecule has 1 aromatic heterocycles. The van der Waals surface area contributed by atoms with Crippen LogP contribution in [0.2, 0.25) is 0 Å². The van der Waals surface area contributed by atoms with E-state index in [0.717, 1.165) is 35.3 Å². The Hall–Kier alpha value is -4.36. The monoisotopic (exact) mass is 553 g/mol. The van der Waals surface area contributed by atoms with Crippen LogP contribution in [0, 0.1) is 6.92 Å². The van der Waals surface area contributed by atoms with Crippen molar-refractivity contribution >= 4 is 22.3 Å². The van der Waals surface area contributed by atoms with Crippen molar-refractivity contribution < 1.29 is 17.9 Å². The van der Waals surface area contributed by atoms with Crippen LogP contribution < -0.4 is 10.1 Å². The van der Waals surface area contributed by atoms with Gasteiger partial charge in [0, 0.05) is 41.6 Å². The number of aryl methyl sites for hydroxylation is 1. The maximum absolute atomic E-state index is 14.0. The average Bonchev–Trinajstić information content (AvgIpc) is 3.41. The van der Waals surface area contributed by atoms with E-state index in [9.17, 15) is 13.2 Å². The fraction of sp³-hybridized carbons (Fsp3) is 0.206. The minimum Gasteiger partial charge on any atom is -0.489 e. The number of anilines is 2. The van der Waals surface area contributed by atoms with Gasteiger partial charge in [0.15, 0.2) is 0 Å². The standard InChI is InChI=1S/C34H30F3N3O/c1-23-18-32(30-14-8-9-15-31(30)38-23)39-27-19-26(34(35,36)37)20-29(21-27)41-28-16-17-40(22-28)33(24-10-4-2-5-11-24)25-12-6-3-7-13-25/h2-15,18-21,28,33H,16-17,22H2,1H3,(H,38,39)/t28-/m1/s1. The van der Waals surface area contributed by atoms with Gasteiger partial charge in [0.25, 0.3) is 0 Å². The van der Waals surface area contributed by atoms with Gasteiger partial charge in [-0.2, -0.15) is 13.2 Å². The topological polar surface area (TPSA) is 37.4 Å². The molecular weight excluding hydrogens is 523 g/mol. The smallest absolute Gasteiger partial charge is 0.416 e. The number of nitrogens with zero attached hydrogens (tertiary/aromatic N) is 2. The number of para-hydroxylation sites is 1.